The van der Waals surface area contributed by atoms with E-state index in [2.05, 4.69) is 0 Å². The largest absolute Gasteiger partial charge is 0.496 e. The molecule has 1 aliphatic carbocycles. The maximum atomic E-state index is 9.78. The zero-order chi connectivity index (χ0) is 11.7. The molecule has 0 aromatic heterocycles. The maximum Gasteiger partial charge on any atom is 0.122 e. The molecule has 0 saturated carbocycles. The van der Waals surface area contributed by atoms with Crippen molar-refractivity contribution in [3.8, 4) is 11.5 Å². The minimum absolute atomic E-state index is 0.256. The number of hydrogen-bond donors (Lipinski definition) is 1. The zero-order valence-corrected chi connectivity index (χ0v) is 10.1. The van der Waals surface area contributed by atoms with Gasteiger partial charge in [0.05, 0.1) is 25.7 Å². The molecule has 1 N–H and O–H groups in total. The van der Waals surface area contributed by atoms with E-state index in [1.165, 1.54) is 0 Å². The second-order valence-corrected chi connectivity index (χ2v) is 4.48. The van der Waals surface area contributed by atoms with Gasteiger partial charge in [-0.1, -0.05) is 0 Å². The van der Waals surface area contributed by atoms with Crippen LogP contribution in [0.4, 0.5) is 0 Å². The van der Waals surface area contributed by atoms with Crippen molar-refractivity contribution in [2.75, 3.05) is 14.2 Å². The van der Waals surface area contributed by atoms with E-state index >= 15 is 0 Å². The SMILES string of the molecule is COc1ccc(OC)c2c1C[C@@H](O)[C@H](Cl)C2. The molecule has 2 atom stereocenters. The summed E-state index contributed by atoms with van der Waals surface area (Å²) in [7, 11) is 3.26. The van der Waals surface area contributed by atoms with Gasteiger partial charge in [0.2, 0.25) is 0 Å². The van der Waals surface area contributed by atoms with Crippen LogP contribution in [0.2, 0.25) is 0 Å². The Morgan fingerprint density at radius 3 is 2.12 bits per heavy atom. The van der Waals surface area contributed by atoms with E-state index in [-0.39, 0.29) is 5.38 Å². The molecule has 0 amide bonds. The summed E-state index contributed by atoms with van der Waals surface area (Å²) in [5.74, 6) is 1.60. The van der Waals surface area contributed by atoms with E-state index in [0.717, 1.165) is 22.6 Å². The molecule has 0 bridgehead atoms. The summed E-state index contributed by atoms with van der Waals surface area (Å²) >= 11 is 6.07. The fraction of sp³-hybridized carbons (Fsp3) is 0.500. The Morgan fingerprint density at radius 2 is 1.62 bits per heavy atom. The predicted molar refractivity (Wildman–Crippen MR) is 62.6 cm³/mol. The fourth-order valence-corrected chi connectivity index (χ4v) is 2.39. The van der Waals surface area contributed by atoms with Crippen LogP contribution in [-0.4, -0.2) is 30.8 Å². The van der Waals surface area contributed by atoms with Gasteiger partial charge in [0.15, 0.2) is 0 Å². The molecule has 1 aromatic rings. The van der Waals surface area contributed by atoms with Crippen LogP contribution in [0.3, 0.4) is 0 Å². The van der Waals surface area contributed by atoms with Crippen LogP contribution in [0.15, 0.2) is 12.1 Å². The third kappa shape index (κ3) is 1.85. The first kappa shape index (κ1) is 11.6. The Balaban J connectivity index is 2.50. The molecular formula is C12H15ClO3. The number of ether oxygens (including phenoxy) is 2. The van der Waals surface area contributed by atoms with Gasteiger partial charge in [-0.15, -0.1) is 11.6 Å². The summed E-state index contributed by atoms with van der Waals surface area (Å²) in [5.41, 5.74) is 2.05. The quantitative estimate of drug-likeness (QED) is 0.804. The van der Waals surface area contributed by atoms with Gasteiger partial charge in [0.1, 0.15) is 11.5 Å². The first-order valence-corrected chi connectivity index (χ1v) is 5.66. The molecule has 1 aliphatic rings. The Bertz CT molecular complexity index is 355. The van der Waals surface area contributed by atoms with Gasteiger partial charge in [0.25, 0.3) is 0 Å². The third-order valence-corrected chi connectivity index (χ3v) is 3.46. The Morgan fingerprint density at radius 1 is 1.12 bits per heavy atom. The minimum atomic E-state index is -0.518. The van der Waals surface area contributed by atoms with Gasteiger partial charge in [0, 0.05) is 17.5 Å². The van der Waals surface area contributed by atoms with Crippen molar-refractivity contribution < 1.29 is 14.6 Å². The zero-order valence-electron chi connectivity index (χ0n) is 9.37. The topological polar surface area (TPSA) is 38.7 Å². The normalized spacial score (nSPS) is 23.8. The van der Waals surface area contributed by atoms with E-state index in [1.807, 2.05) is 12.1 Å². The highest BCUT2D eigenvalue weighted by molar-refractivity contribution is 6.21. The van der Waals surface area contributed by atoms with Gasteiger partial charge in [-0.3, -0.25) is 0 Å². The van der Waals surface area contributed by atoms with Crippen molar-refractivity contribution in [3.05, 3.63) is 23.3 Å². The van der Waals surface area contributed by atoms with Gasteiger partial charge >= 0.3 is 0 Å². The molecular weight excluding hydrogens is 228 g/mol. The molecule has 0 radical (unpaired) electrons. The second-order valence-electron chi connectivity index (χ2n) is 3.92. The second kappa shape index (κ2) is 4.52. The highest BCUT2D eigenvalue weighted by Gasteiger charge is 2.29. The molecule has 0 unspecified atom stereocenters. The minimum Gasteiger partial charge on any atom is -0.496 e. The fourth-order valence-electron chi connectivity index (χ4n) is 2.15. The molecule has 1 aromatic carbocycles. The van der Waals surface area contributed by atoms with E-state index in [0.29, 0.717) is 12.8 Å². The summed E-state index contributed by atoms with van der Waals surface area (Å²) < 4.78 is 10.6. The molecule has 2 rings (SSSR count). The lowest BCUT2D eigenvalue weighted by Crippen LogP contribution is -2.31. The van der Waals surface area contributed by atoms with Crippen LogP contribution >= 0.6 is 11.6 Å². The number of fused-ring (bicyclic) bond motifs is 1. The van der Waals surface area contributed by atoms with E-state index in [9.17, 15) is 5.11 Å². The number of aliphatic hydroxyl groups excluding tert-OH is 1. The smallest absolute Gasteiger partial charge is 0.122 e. The molecule has 4 heteroatoms. The molecule has 88 valence electrons. The molecule has 16 heavy (non-hydrogen) atoms. The lowest BCUT2D eigenvalue weighted by molar-refractivity contribution is 0.160. The Kier molecular flexibility index (Phi) is 3.26. The van der Waals surface area contributed by atoms with Crippen molar-refractivity contribution >= 4 is 11.6 Å². The van der Waals surface area contributed by atoms with E-state index in [4.69, 9.17) is 21.1 Å². The monoisotopic (exact) mass is 242 g/mol. The maximum absolute atomic E-state index is 9.78. The molecule has 0 fully saturated rings. The van der Waals surface area contributed by atoms with Crippen LogP contribution in [0.25, 0.3) is 0 Å². The van der Waals surface area contributed by atoms with Gasteiger partial charge in [-0.2, -0.15) is 0 Å². The number of alkyl halides is 1. The number of benzene rings is 1. The van der Waals surface area contributed by atoms with E-state index < -0.39 is 6.10 Å². The number of methoxy groups -OCH3 is 2. The van der Waals surface area contributed by atoms with Crippen molar-refractivity contribution in [1.29, 1.82) is 0 Å². The Labute approximate surface area is 99.9 Å². The summed E-state index contributed by atoms with van der Waals surface area (Å²) in [6.45, 7) is 0. The lowest BCUT2D eigenvalue weighted by Gasteiger charge is -2.28. The predicted octanol–water partition coefficient (Wildman–Crippen LogP) is 1.77. The molecule has 0 aliphatic heterocycles. The van der Waals surface area contributed by atoms with Gasteiger partial charge < -0.3 is 14.6 Å². The van der Waals surface area contributed by atoms with Crippen LogP contribution in [0, 0.1) is 0 Å². The standard InChI is InChI=1S/C12H15ClO3/c1-15-11-3-4-12(16-2)8-6-10(14)9(13)5-7(8)11/h3-4,9-10,14H,5-6H2,1-2H3/t9-,10-/m1/s1. The van der Waals surface area contributed by atoms with Crippen molar-refractivity contribution in [1.82, 2.24) is 0 Å². The summed E-state index contributed by atoms with van der Waals surface area (Å²) in [6.07, 6.45) is 0.609. The van der Waals surface area contributed by atoms with Crippen molar-refractivity contribution in [2.45, 2.75) is 24.3 Å². The molecule has 0 spiro atoms. The number of rotatable bonds is 2. The first-order chi connectivity index (χ1) is 7.67. The summed E-state index contributed by atoms with van der Waals surface area (Å²) in [4.78, 5) is 0. The van der Waals surface area contributed by atoms with E-state index in [1.54, 1.807) is 14.2 Å². The van der Waals surface area contributed by atoms with Gasteiger partial charge in [-0.25, -0.2) is 0 Å². The molecule has 3 nitrogen and oxygen atoms in total. The highest BCUT2D eigenvalue weighted by atomic mass is 35.5. The van der Waals surface area contributed by atoms with Crippen LogP contribution in [0.1, 0.15) is 11.1 Å². The highest BCUT2D eigenvalue weighted by Crippen LogP contribution is 2.37. The number of aliphatic hydroxyl groups is 1. The average Bonchev–Trinajstić information content (AvgIpc) is 2.29. The average molecular weight is 243 g/mol. The Hall–Kier alpha value is -0.930. The first-order valence-electron chi connectivity index (χ1n) is 5.22. The summed E-state index contributed by atoms with van der Waals surface area (Å²) in [5, 5.41) is 9.52. The van der Waals surface area contributed by atoms with Crippen LogP contribution in [0.5, 0.6) is 11.5 Å². The van der Waals surface area contributed by atoms with Crippen molar-refractivity contribution in [3.63, 3.8) is 0 Å². The number of halogens is 1. The lowest BCUT2D eigenvalue weighted by atomic mass is 9.88. The van der Waals surface area contributed by atoms with Crippen LogP contribution in [-0.2, 0) is 12.8 Å². The number of hydrogen-bond acceptors (Lipinski definition) is 3. The van der Waals surface area contributed by atoms with Crippen LogP contribution < -0.4 is 9.47 Å². The van der Waals surface area contributed by atoms with Gasteiger partial charge in [-0.05, 0) is 18.6 Å². The van der Waals surface area contributed by atoms with Crippen molar-refractivity contribution in [2.24, 2.45) is 0 Å². The molecule has 0 saturated heterocycles. The molecule has 0 heterocycles. The summed E-state index contributed by atoms with van der Waals surface area (Å²) in [6, 6.07) is 3.73. The third-order valence-electron chi connectivity index (χ3n) is 3.01.